The van der Waals surface area contributed by atoms with Crippen LogP contribution in [0.15, 0.2) is 60.9 Å². The van der Waals surface area contributed by atoms with Gasteiger partial charge in [0, 0.05) is 57.1 Å². The molecule has 3 aromatic carbocycles. The van der Waals surface area contributed by atoms with E-state index in [1.807, 2.05) is 43.3 Å². The van der Waals surface area contributed by atoms with Crippen LogP contribution < -0.4 is 9.64 Å². The van der Waals surface area contributed by atoms with E-state index >= 15 is 0 Å². The molecule has 1 amide bonds. The number of carboxylic acid groups (broad SMARTS) is 1. The summed E-state index contributed by atoms with van der Waals surface area (Å²) in [5.41, 5.74) is 4.00. The number of hydrogen-bond acceptors (Lipinski definition) is 5. The minimum Gasteiger partial charge on any atom is -0.493 e. The molecule has 0 saturated carbocycles. The fourth-order valence-corrected chi connectivity index (χ4v) is 5.31. The van der Waals surface area contributed by atoms with E-state index in [9.17, 15) is 14.0 Å². The predicted molar refractivity (Wildman–Crippen MR) is 158 cm³/mol. The van der Waals surface area contributed by atoms with Crippen molar-refractivity contribution in [1.82, 2.24) is 9.78 Å². The van der Waals surface area contributed by atoms with E-state index in [2.05, 4.69) is 5.10 Å². The molecule has 0 spiro atoms. The molecule has 0 atom stereocenters. The fourth-order valence-electron chi connectivity index (χ4n) is 4.87. The SMILES string of the molecule is Cc1c(Cl)cccc1OCCCC(=O)N1CCOCc2c(-c3cnn(Cc4c(F)cc(C(=O)O)cc4Cl)c3)cccc21. The summed E-state index contributed by atoms with van der Waals surface area (Å²) in [5.74, 6) is -1.31. The number of fused-ring (bicyclic) bond motifs is 1. The van der Waals surface area contributed by atoms with Crippen molar-refractivity contribution in [3.8, 4) is 16.9 Å². The van der Waals surface area contributed by atoms with Crippen molar-refractivity contribution in [1.29, 1.82) is 0 Å². The van der Waals surface area contributed by atoms with Crippen molar-refractivity contribution in [2.75, 3.05) is 24.7 Å². The molecule has 1 aliphatic rings. The molecule has 0 unspecified atom stereocenters. The van der Waals surface area contributed by atoms with Crippen molar-refractivity contribution >= 4 is 40.8 Å². The van der Waals surface area contributed by atoms with Crippen molar-refractivity contribution in [3.05, 3.63) is 99.0 Å². The first-order chi connectivity index (χ1) is 20.2. The number of anilines is 1. The number of amides is 1. The van der Waals surface area contributed by atoms with Crippen LogP contribution in [0.5, 0.6) is 5.75 Å². The third kappa shape index (κ3) is 6.43. The first kappa shape index (κ1) is 29.6. The molecule has 218 valence electrons. The van der Waals surface area contributed by atoms with E-state index in [0.29, 0.717) is 50.0 Å². The maximum atomic E-state index is 14.7. The summed E-state index contributed by atoms with van der Waals surface area (Å²) >= 11 is 12.4. The molecule has 0 bridgehead atoms. The van der Waals surface area contributed by atoms with Crippen molar-refractivity contribution in [3.63, 3.8) is 0 Å². The number of rotatable bonds is 9. The van der Waals surface area contributed by atoms with Crippen LogP contribution in [0.25, 0.3) is 11.1 Å². The normalized spacial score (nSPS) is 13.0. The average Bonchev–Trinajstić information content (AvgIpc) is 3.32. The Balaban J connectivity index is 1.30. The molecule has 2 heterocycles. The topological polar surface area (TPSA) is 93.9 Å². The van der Waals surface area contributed by atoms with Crippen LogP contribution >= 0.6 is 23.2 Å². The van der Waals surface area contributed by atoms with Gasteiger partial charge in [-0.05, 0) is 49.2 Å². The fraction of sp³-hybridized carbons (Fsp3) is 0.258. The average molecular weight is 612 g/mol. The van der Waals surface area contributed by atoms with Crippen LogP contribution in [-0.4, -0.2) is 46.5 Å². The van der Waals surface area contributed by atoms with Gasteiger partial charge in [-0.25, -0.2) is 9.18 Å². The minimum absolute atomic E-state index is 0.00804. The van der Waals surface area contributed by atoms with Crippen molar-refractivity contribution in [2.45, 2.75) is 32.9 Å². The van der Waals surface area contributed by atoms with E-state index in [4.69, 9.17) is 37.8 Å². The Kier molecular flexibility index (Phi) is 9.11. The molecule has 1 N–H and O–H groups in total. The second kappa shape index (κ2) is 12.9. The number of ether oxygens (including phenoxy) is 2. The summed E-state index contributed by atoms with van der Waals surface area (Å²) in [6, 6.07) is 13.4. The summed E-state index contributed by atoms with van der Waals surface area (Å²) in [4.78, 5) is 26.3. The monoisotopic (exact) mass is 611 g/mol. The van der Waals surface area contributed by atoms with Crippen LogP contribution in [0.1, 0.15) is 39.9 Å². The molecule has 8 nitrogen and oxygen atoms in total. The van der Waals surface area contributed by atoms with Gasteiger partial charge in [-0.15, -0.1) is 0 Å². The Labute approximate surface area is 252 Å². The zero-order valence-corrected chi connectivity index (χ0v) is 24.3. The summed E-state index contributed by atoms with van der Waals surface area (Å²) in [5, 5.41) is 14.2. The van der Waals surface area contributed by atoms with Gasteiger partial charge in [0.2, 0.25) is 5.91 Å². The molecule has 4 aromatic rings. The van der Waals surface area contributed by atoms with E-state index in [1.54, 1.807) is 17.3 Å². The first-order valence-electron chi connectivity index (χ1n) is 13.3. The molecule has 5 rings (SSSR count). The molecule has 11 heteroatoms. The predicted octanol–water partition coefficient (Wildman–Crippen LogP) is 6.77. The molecule has 1 aromatic heterocycles. The van der Waals surface area contributed by atoms with Crippen molar-refractivity contribution in [2.24, 2.45) is 0 Å². The van der Waals surface area contributed by atoms with Crippen LogP contribution in [0.3, 0.4) is 0 Å². The Morgan fingerprint density at radius 2 is 1.95 bits per heavy atom. The number of aromatic carboxylic acids is 1. The van der Waals surface area contributed by atoms with Gasteiger partial charge in [-0.1, -0.05) is 41.4 Å². The molecule has 42 heavy (non-hydrogen) atoms. The van der Waals surface area contributed by atoms with Crippen LogP contribution in [0, 0.1) is 12.7 Å². The van der Waals surface area contributed by atoms with Crippen molar-refractivity contribution < 1.29 is 28.6 Å². The summed E-state index contributed by atoms with van der Waals surface area (Å²) in [7, 11) is 0. The second-order valence-corrected chi connectivity index (χ2v) is 10.7. The molecule has 1 aliphatic heterocycles. The number of halogens is 3. The van der Waals surface area contributed by atoms with Gasteiger partial charge < -0.3 is 19.5 Å². The van der Waals surface area contributed by atoms with Gasteiger partial charge in [0.15, 0.2) is 0 Å². The summed E-state index contributed by atoms with van der Waals surface area (Å²) in [6.07, 6.45) is 4.24. The van der Waals surface area contributed by atoms with Gasteiger partial charge in [-0.3, -0.25) is 9.48 Å². The van der Waals surface area contributed by atoms with Gasteiger partial charge in [0.05, 0.1) is 38.1 Å². The van der Waals surface area contributed by atoms with Crippen LogP contribution in [0.2, 0.25) is 10.0 Å². The lowest BCUT2D eigenvalue weighted by atomic mass is 10.0. The third-order valence-electron chi connectivity index (χ3n) is 7.11. The standard InChI is InChI=1S/C31H28Cl2FN3O5/c1-19-25(32)6-3-8-29(19)42-11-4-9-30(38)37-10-12-41-18-24-22(5-2-7-28(24)37)21-15-35-36(16-21)17-23-26(33)13-20(31(39)40)14-27(23)34/h2-3,5-8,13-16H,4,9-12,17-18H2,1H3,(H,39,40). The molecule has 0 radical (unpaired) electrons. The number of carboxylic acids is 1. The first-order valence-corrected chi connectivity index (χ1v) is 14.1. The lowest BCUT2D eigenvalue weighted by Crippen LogP contribution is -2.33. The highest BCUT2D eigenvalue weighted by atomic mass is 35.5. The maximum absolute atomic E-state index is 14.7. The third-order valence-corrected chi connectivity index (χ3v) is 7.86. The van der Waals surface area contributed by atoms with E-state index < -0.39 is 11.8 Å². The molecule has 0 saturated heterocycles. The van der Waals surface area contributed by atoms with Gasteiger partial charge in [-0.2, -0.15) is 5.10 Å². The zero-order chi connectivity index (χ0) is 29.8. The van der Waals surface area contributed by atoms with E-state index in [0.717, 1.165) is 34.0 Å². The number of carbonyl (C=O) groups is 2. The van der Waals surface area contributed by atoms with Crippen LogP contribution in [-0.2, 0) is 22.7 Å². The van der Waals surface area contributed by atoms with E-state index in [-0.39, 0.29) is 28.6 Å². The lowest BCUT2D eigenvalue weighted by molar-refractivity contribution is -0.119. The van der Waals surface area contributed by atoms with Gasteiger partial charge >= 0.3 is 5.97 Å². The van der Waals surface area contributed by atoms with Gasteiger partial charge in [0.1, 0.15) is 11.6 Å². The minimum atomic E-state index is -1.26. The second-order valence-electron chi connectivity index (χ2n) is 9.87. The highest BCUT2D eigenvalue weighted by Crippen LogP contribution is 2.34. The Morgan fingerprint density at radius 3 is 2.74 bits per heavy atom. The maximum Gasteiger partial charge on any atom is 0.335 e. The number of hydrogen-bond donors (Lipinski definition) is 1. The number of aromatic nitrogens is 2. The highest BCUT2D eigenvalue weighted by Gasteiger charge is 2.24. The number of benzene rings is 3. The van der Waals surface area contributed by atoms with Crippen LogP contribution in [0.4, 0.5) is 10.1 Å². The Hall–Kier alpha value is -3.92. The Bertz CT molecular complexity index is 1620. The molecule has 0 fully saturated rings. The lowest BCUT2D eigenvalue weighted by Gasteiger charge is -2.23. The summed E-state index contributed by atoms with van der Waals surface area (Å²) in [6.45, 7) is 3.41. The molecule has 0 aliphatic carbocycles. The van der Waals surface area contributed by atoms with Gasteiger partial charge in [0.25, 0.3) is 0 Å². The highest BCUT2D eigenvalue weighted by molar-refractivity contribution is 6.32. The zero-order valence-electron chi connectivity index (χ0n) is 22.8. The summed E-state index contributed by atoms with van der Waals surface area (Å²) < 4.78 is 27.9. The molecular formula is C31H28Cl2FN3O5. The Morgan fingerprint density at radius 1 is 1.14 bits per heavy atom. The quantitative estimate of drug-likeness (QED) is 0.210. The van der Waals surface area contributed by atoms with E-state index in [1.165, 1.54) is 10.7 Å². The molecular weight excluding hydrogens is 584 g/mol. The smallest absolute Gasteiger partial charge is 0.335 e. The number of carbonyl (C=O) groups excluding carboxylic acids is 1. The largest absolute Gasteiger partial charge is 0.493 e. The number of nitrogens with zero attached hydrogens (tertiary/aromatic N) is 3.